The van der Waals surface area contributed by atoms with Gasteiger partial charge in [0.25, 0.3) is 0 Å². The molecular weight excluding hydrogens is 216 g/mol. The van der Waals surface area contributed by atoms with Crippen molar-refractivity contribution >= 4 is 0 Å². The number of rotatable bonds is 6. The molecule has 0 aromatic carbocycles. The van der Waals surface area contributed by atoms with Crippen LogP contribution in [0.25, 0.3) is 0 Å². The molecule has 0 aromatic rings. The Morgan fingerprint density at radius 3 is 1.88 bits per heavy atom. The Kier molecular flexibility index (Phi) is 2.77. The Hall–Kier alpha value is -0.120. The van der Waals surface area contributed by atoms with E-state index < -0.39 is 0 Å². The van der Waals surface area contributed by atoms with Crippen LogP contribution in [0.3, 0.4) is 0 Å². The Labute approximate surface area is 104 Å². The highest BCUT2D eigenvalue weighted by Gasteiger charge is 2.63. The molecular formula is C14H24O3. The Morgan fingerprint density at radius 2 is 1.59 bits per heavy atom. The number of hydrogen-bond acceptors (Lipinski definition) is 3. The van der Waals surface area contributed by atoms with Gasteiger partial charge in [-0.3, -0.25) is 0 Å². The van der Waals surface area contributed by atoms with Crippen molar-refractivity contribution in [3.8, 4) is 0 Å². The molecule has 3 nitrogen and oxygen atoms in total. The number of ether oxygens (including phenoxy) is 3. The average Bonchev–Trinajstić information content (AvgIpc) is 2.98. The van der Waals surface area contributed by atoms with Crippen LogP contribution in [-0.4, -0.2) is 38.6 Å². The molecule has 2 saturated heterocycles. The largest absolute Gasteiger partial charge is 0.380 e. The minimum atomic E-state index is 0.151. The fourth-order valence-corrected chi connectivity index (χ4v) is 3.15. The second kappa shape index (κ2) is 3.94. The molecule has 1 aliphatic carbocycles. The SMILES string of the molecule is CCC1(COC2(C3(CC)COC3)CC2)COC1. The van der Waals surface area contributed by atoms with Gasteiger partial charge in [0.05, 0.1) is 38.6 Å². The van der Waals surface area contributed by atoms with Crippen molar-refractivity contribution in [2.45, 2.75) is 45.1 Å². The highest BCUT2D eigenvalue weighted by Crippen LogP contribution is 2.58. The van der Waals surface area contributed by atoms with Gasteiger partial charge in [-0.1, -0.05) is 13.8 Å². The summed E-state index contributed by atoms with van der Waals surface area (Å²) in [5, 5.41) is 0. The summed E-state index contributed by atoms with van der Waals surface area (Å²) in [6.07, 6.45) is 4.80. The molecule has 0 atom stereocenters. The second-order valence-corrected chi connectivity index (χ2v) is 6.26. The van der Waals surface area contributed by atoms with Gasteiger partial charge in [0.2, 0.25) is 0 Å². The Morgan fingerprint density at radius 1 is 0.941 bits per heavy atom. The zero-order chi connectivity index (χ0) is 12.0. The Bertz CT molecular complexity index is 277. The van der Waals surface area contributed by atoms with Gasteiger partial charge in [-0.05, 0) is 25.7 Å². The summed E-state index contributed by atoms with van der Waals surface area (Å²) in [5.74, 6) is 0. The third-order valence-corrected chi connectivity index (χ3v) is 5.33. The third-order valence-electron chi connectivity index (χ3n) is 5.33. The maximum Gasteiger partial charge on any atom is 0.0785 e. The van der Waals surface area contributed by atoms with Gasteiger partial charge >= 0.3 is 0 Å². The van der Waals surface area contributed by atoms with Crippen molar-refractivity contribution in [3.63, 3.8) is 0 Å². The summed E-state index contributed by atoms with van der Waals surface area (Å²) in [4.78, 5) is 0. The molecule has 3 fully saturated rings. The lowest BCUT2D eigenvalue weighted by Crippen LogP contribution is -2.56. The first-order chi connectivity index (χ1) is 8.20. The zero-order valence-corrected chi connectivity index (χ0v) is 11.1. The van der Waals surface area contributed by atoms with Crippen molar-refractivity contribution in [3.05, 3.63) is 0 Å². The smallest absolute Gasteiger partial charge is 0.0785 e. The summed E-state index contributed by atoms with van der Waals surface area (Å²) in [7, 11) is 0. The molecule has 0 N–H and O–H groups in total. The molecule has 0 radical (unpaired) electrons. The van der Waals surface area contributed by atoms with E-state index in [9.17, 15) is 0 Å². The van der Waals surface area contributed by atoms with E-state index in [4.69, 9.17) is 14.2 Å². The quantitative estimate of drug-likeness (QED) is 0.713. The van der Waals surface area contributed by atoms with Crippen LogP contribution in [0, 0.1) is 10.8 Å². The molecule has 3 heteroatoms. The Balaban J connectivity index is 1.61. The van der Waals surface area contributed by atoms with Crippen molar-refractivity contribution in [1.29, 1.82) is 0 Å². The van der Waals surface area contributed by atoms with Crippen molar-refractivity contribution in [2.75, 3.05) is 33.0 Å². The average molecular weight is 240 g/mol. The first kappa shape index (κ1) is 11.9. The monoisotopic (exact) mass is 240 g/mol. The molecule has 0 unspecified atom stereocenters. The molecule has 2 heterocycles. The molecule has 0 amide bonds. The van der Waals surface area contributed by atoms with Crippen LogP contribution in [0.5, 0.6) is 0 Å². The summed E-state index contributed by atoms with van der Waals surface area (Å²) in [6.45, 7) is 8.97. The van der Waals surface area contributed by atoms with Gasteiger partial charge in [0, 0.05) is 10.8 Å². The summed E-state index contributed by atoms with van der Waals surface area (Å²) in [5.41, 5.74) is 0.791. The lowest BCUT2D eigenvalue weighted by Gasteiger charge is -2.49. The predicted octanol–water partition coefficient (Wildman–Crippen LogP) is 2.39. The van der Waals surface area contributed by atoms with E-state index in [-0.39, 0.29) is 5.60 Å². The van der Waals surface area contributed by atoms with Gasteiger partial charge in [-0.25, -0.2) is 0 Å². The van der Waals surface area contributed by atoms with Crippen molar-refractivity contribution in [2.24, 2.45) is 10.8 Å². The topological polar surface area (TPSA) is 27.7 Å². The first-order valence-corrected chi connectivity index (χ1v) is 6.99. The van der Waals surface area contributed by atoms with E-state index in [1.165, 1.54) is 25.7 Å². The van der Waals surface area contributed by atoms with Gasteiger partial charge < -0.3 is 14.2 Å². The minimum Gasteiger partial charge on any atom is -0.380 e. The molecule has 3 aliphatic rings. The van der Waals surface area contributed by atoms with Gasteiger partial charge in [-0.15, -0.1) is 0 Å². The maximum absolute atomic E-state index is 6.38. The summed E-state index contributed by atoms with van der Waals surface area (Å²) >= 11 is 0. The molecule has 98 valence electrons. The van der Waals surface area contributed by atoms with Gasteiger partial charge in [0.15, 0.2) is 0 Å². The van der Waals surface area contributed by atoms with E-state index >= 15 is 0 Å². The van der Waals surface area contributed by atoms with Crippen molar-refractivity contribution in [1.82, 2.24) is 0 Å². The number of hydrogen-bond donors (Lipinski definition) is 0. The van der Waals surface area contributed by atoms with Crippen LogP contribution in [-0.2, 0) is 14.2 Å². The van der Waals surface area contributed by atoms with Crippen molar-refractivity contribution < 1.29 is 14.2 Å². The molecule has 1 saturated carbocycles. The molecule has 0 aromatic heterocycles. The zero-order valence-electron chi connectivity index (χ0n) is 11.1. The molecule has 2 aliphatic heterocycles. The van der Waals surface area contributed by atoms with Gasteiger partial charge in [-0.2, -0.15) is 0 Å². The standard InChI is InChI=1S/C14H24O3/c1-3-12(7-15-8-12)9-17-14(5-6-14)13(4-2)10-16-11-13/h3-11H2,1-2H3. The predicted molar refractivity (Wildman–Crippen MR) is 65.0 cm³/mol. The first-order valence-electron chi connectivity index (χ1n) is 6.99. The lowest BCUT2D eigenvalue weighted by atomic mass is 9.75. The van der Waals surface area contributed by atoms with E-state index in [1.807, 2.05) is 0 Å². The van der Waals surface area contributed by atoms with Crippen LogP contribution in [0.4, 0.5) is 0 Å². The fraction of sp³-hybridized carbons (Fsp3) is 1.00. The van der Waals surface area contributed by atoms with Crippen LogP contribution in [0.1, 0.15) is 39.5 Å². The minimum absolute atomic E-state index is 0.151. The van der Waals surface area contributed by atoms with Crippen LogP contribution in [0.2, 0.25) is 0 Å². The highest BCUT2D eigenvalue weighted by atomic mass is 16.5. The van der Waals surface area contributed by atoms with Crippen LogP contribution < -0.4 is 0 Å². The van der Waals surface area contributed by atoms with E-state index in [0.717, 1.165) is 33.0 Å². The lowest BCUT2D eigenvalue weighted by molar-refractivity contribution is -0.231. The third kappa shape index (κ3) is 1.66. The van der Waals surface area contributed by atoms with Crippen LogP contribution >= 0.6 is 0 Å². The van der Waals surface area contributed by atoms with E-state index in [0.29, 0.717) is 10.8 Å². The fourth-order valence-electron chi connectivity index (χ4n) is 3.15. The molecule has 17 heavy (non-hydrogen) atoms. The van der Waals surface area contributed by atoms with Crippen LogP contribution in [0.15, 0.2) is 0 Å². The molecule has 0 spiro atoms. The van der Waals surface area contributed by atoms with Gasteiger partial charge in [0.1, 0.15) is 0 Å². The highest BCUT2D eigenvalue weighted by molar-refractivity contribution is 5.13. The second-order valence-electron chi connectivity index (χ2n) is 6.26. The normalized spacial score (nSPS) is 31.4. The summed E-state index contributed by atoms with van der Waals surface area (Å²) in [6, 6.07) is 0. The van der Waals surface area contributed by atoms with E-state index in [1.54, 1.807) is 0 Å². The molecule has 3 rings (SSSR count). The molecule has 0 bridgehead atoms. The summed E-state index contributed by atoms with van der Waals surface area (Å²) < 4.78 is 17.2. The maximum atomic E-state index is 6.38. The van der Waals surface area contributed by atoms with E-state index in [2.05, 4.69) is 13.8 Å².